The molecule has 1 N–H and O–H groups in total. The van der Waals surface area contributed by atoms with E-state index in [0.29, 0.717) is 11.5 Å². The molecule has 1 saturated heterocycles. The first-order valence-electron chi connectivity index (χ1n) is 9.25. The first-order valence-corrected chi connectivity index (χ1v) is 9.25. The van der Waals surface area contributed by atoms with Gasteiger partial charge in [0.15, 0.2) is 0 Å². The van der Waals surface area contributed by atoms with Gasteiger partial charge in [0, 0.05) is 25.5 Å². The molecule has 5 heteroatoms. The number of carbonyl (C=O) groups excluding carboxylic acids is 1. The van der Waals surface area contributed by atoms with Crippen molar-refractivity contribution in [2.75, 3.05) is 13.1 Å². The number of furan rings is 1. The van der Waals surface area contributed by atoms with E-state index in [1.165, 1.54) is 6.42 Å². The quantitative estimate of drug-likeness (QED) is 0.930. The highest BCUT2D eigenvalue weighted by Gasteiger charge is 2.48. The maximum atomic E-state index is 12.4. The van der Waals surface area contributed by atoms with Crippen molar-refractivity contribution in [1.82, 2.24) is 14.8 Å². The van der Waals surface area contributed by atoms with Crippen molar-refractivity contribution in [1.29, 1.82) is 0 Å². The Morgan fingerprint density at radius 2 is 2.08 bits per heavy atom. The Morgan fingerprint density at radius 1 is 1.28 bits per heavy atom. The summed E-state index contributed by atoms with van der Waals surface area (Å²) in [5.74, 6) is 2.10. The van der Waals surface area contributed by atoms with Gasteiger partial charge in [-0.1, -0.05) is 0 Å². The number of carbonyl (C=O) groups is 1. The van der Waals surface area contributed by atoms with Gasteiger partial charge in [0.25, 0.3) is 5.91 Å². The fraction of sp³-hybridized carbons (Fsp3) is 0.550. The smallest absolute Gasteiger partial charge is 0.253 e. The molecule has 2 aromatic rings. The Morgan fingerprint density at radius 3 is 2.64 bits per heavy atom. The van der Waals surface area contributed by atoms with E-state index < -0.39 is 0 Å². The number of likely N-dealkylation sites (tertiary alicyclic amines) is 1. The highest BCUT2D eigenvalue weighted by atomic mass is 16.3. The van der Waals surface area contributed by atoms with Crippen LogP contribution in [0.3, 0.4) is 0 Å². The number of nitrogens with zero attached hydrogens (tertiary/aromatic N) is 2. The van der Waals surface area contributed by atoms with Crippen LogP contribution < -0.4 is 5.32 Å². The van der Waals surface area contributed by atoms with Crippen molar-refractivity contribution in [3.05, 3.63) is 47.7 Å². The molecule has 2 aromatic heterocycles. The predicted molar refractivity (Wildman–Crippen MR) is 96.3 cm³/mol. The van der Waals surface area contributed by atoms with Gasteiger partial charge in [-0.25, -0.2) is 0 Å². The molecule has 5 nitrogen and oxygen atoms in total. The third-order valence-electron chi connectivity index (χ3n) is 6.10. The minimum Gasteiger partial charge on any atom is -0.465 e. The van der Waals surface area contributed by atoms with Gasteiger partial charge in [0.1, 0.15) is 11.5 Å². The maximum absolute atomic E-state index is 12.4. The predicted octanol–water partition coefficient (Wildman–Crippen LogP) is 3.10. The Labute approximate surface area is 149 Å². The van der Waals surface area contributed by atoms with Crippen molar-refractivity contribution in [2.45, 2.75) is 45.2 Å². The summed E-state index contributed by atoms with van der Waals surface area (Å²) in [5.41, 5.74) is 1.06. The monoisotopic (exact) mass is 341 g/mol. The molecule has 1 aliphatic carbocycles. The number of hydrogen-bond donors (Lipinski definition) is 1. The second-order valence-corrected chi connectivity index (χ2v) is 7.78. The normalized spacial score (nSPS) is 22.7. The molecule has 25 heavy (non-hydrogen) atoms. The Hall–Kier alpha value is -2.01. The highest BCUT2D eigenvalue weighted by Crippen LogP contribution is 2.49. The summed E-state index contributed by atoms with van der Waals surface area (Å²) >= 11 is 0. The third-order valence-corrected chi connectivity index (χ3v) is 6.10. The first-order chi connectivity index (χ1) is 12.0. The van der Waals surface area contributed by atoms with E-state index in [2.05, 4.69) is 16.3 Å². The molecule has 134 valence electrons. The van der Waals surface area contributed by atoms with Crippen LogP contribution in [-0.4, -0.2) is 34.5 Å². The van der Waals surface area contributed by atoms with Crippen molar-refractivity contribution in [3.63, 3.8) is 0 Å². The van der Waals surface area contributed by atoms with Gasteiger partial charge >= 0.3 is 0 Å². The zero-order valence-electron chi connectivity index (χ0n) is 15.1. The van der Waals surface area contributed by atoms with Crippen molar-refractivity contribution < 1.29 is 9.21 Å². The van der Waals surface area contributed by atoms with Gasteiger partial charge in [-0.15, -0.1) is 0 Å². The molecule has 2 aliphatic rings. The second-order valence-electron chi connectivity index (χ2n) is 7.78. The third kappa shape index (κ3) is 3.25. The molecule has 0 radical (unpaired) electrons. The molecule has 1 spiro atoms. The molecular weight excluding hydrogens is 314 g/mol. The zero-order valence-corrected chi connectivity index (χ0v) is 15.1. The van der Waals surface area contributed by atoms with Gasteiger partial charge in [-0.2, -0.15) is 0 Å². The lowest BCUT2D eigenvalue weighted by atomic mass is 9.59. The summed E-state index contributed by atoms with van der Waals surface area (Å²) in [4.78, 5) is 14.9. The molecule has 1 saturated carbocycles. The van der Waals surface area contributed by atoms with Crippen LogP contribution >= 0.6 is 0 Å². The standard InChI is InChI=1S/C20H27N3O2/c1-15-3-4-17(25-15)14-23-11-8-20(9-12-23)7-5-18(20)21-19(24)16-6-10-22(2)13-16/h3-4,6,10,13,18H,5,7-9,11-12,14H2,1-2H3,(H,21,24). The van der Waals surface area contributed by atoms with Crippen molar-refractivity contribution in [3.8, 4) is 0 Å². The zero-order chi connectivity index (χ0) is 17.4. The van der Waals surface area contributed by atoms with E-state index in [4.69, 9.17) is 4.42 Å². The molecule has 1 aliphatic heterocycles. The van der Waals surface area contributed by atoms with Crippen LogP contribution in [0.15, 0.2) is 35.0 Å². The fourth-order valence-electron chi connectivity index (χ4n) is 4.35. The number of aryl methyl sites for hydroxylation is 2. The van der Waals surface area contributed by atoms with E-state index in [-0.39, 0.29) is 5.91 Å². The lowest BCUT2D eigenvalue weighted by Crippen LogP contribution is -2.59. The molecule has 3 heterocycles. The summed E-state index contributed by atoms with van der Waals surface area (Å²) in [6.45, 7) is 5.04. The van der Waals surface area contributed by atoms with Crippen LogP contribution in [0.4, 0.5) is 0 Å². The number of piperidine rings is 1. The second kappa shape index (κ2) is 6.37. The Bertz CT molecular complexity index is 753. The van der Waals surface area contributed by atoms with Crippen LogP contribution in [0.1, 0.15) is 47.6 Å². The number of hydrogen-bond acceptors (Lipinski definition) is 3. The summed E-state index contributed by atoms with van der Waals surface area (Å²) in [6, 6.07) is 6.32. The summed E-state index contributed by atoms with van der Waals surface area (Å²) in [7, 11) is 1.94. The molecule has 1 amide bonds. The molecule has 1 unspecified atom stereocenters. The molecule has 0 bridgehead atoms. The molecule has 0 aromatic carbocycles. The minimum atomic E-state index is 0.0677. The molecular formula is C20H27N3O2. The summed E-state index contributed by atoms with van der Waals surface area (Å²) in [5, 5.41) is 3.29. The Kier molecular flexibility index (Phi) is 4.20. The Balaban J connectivity index is 1.32. The van der Waals surface area contributed by atoms with E-state index >= 15 is 0 Å². The van der Waals surface area contributed by atoms with Crippen molar-refractivity contribution in [2.24, 2.45) is 12.5 Å². The average Bonchev–Trinajstić information content (AvgIpc) is 3.20. The largest absolute Gasteiger partial charge is 0.465 e. The number of aromatic nitrogens is 1. The topological polar surface area (TPSA) is 50.4 Å². The minimum absolute atomic E-state index is 0.0677. The van der Waals surface area contributed by atoms with Crippen LogP contribution in [0.25, 0.3) is 0 Å². The molecule has 2 fully saturated rings. The first kappa shape index (κ1) is 16.5. The maximum Gasteiger partial charge on any atom is 0.253 e. The average molecular weight is 341 g/mol. The van der Waals surface area contributed by atoms with Gasteiger partial charge in [0.05, 0.1) is 12.1 Å². The van der Waals surface area contributed by atoms with Gasteiger partial charge < -0.3 is 14.3 Å². The SMILES string of the molecule is Cc1ccc(CN2CCC3(CCC3NC(=O)c3ccn(C)c3)CC2)o1. The van der Waals surface area contributed by atoms with E-state index in [0.717, 1.165) is 56.0 Å². The van der Waals surface area contributed by atoms with E-state index in [1.807, 2.05) is 43.1 Å². The van der Waals surface area contributed by atoms with E-state index in [9.17, 15) is 4.79 Å². The highest BCUT2D eigenvalue weighted by molar-refractivity contribution is 5.94. The van der Waals surface area contributed by atoms with Gasteiger partial charge in [-0.05, 0) is 69.3 Å². The molecule has 4 rings (SSSR count). The lowest BCUT2D eigenvalue weighted by molar-refractivity contribution is -0.00853. The summed E-state index contributed by atoms with van der Waals surface area (Å²) in [6.07, 6.45) is 8.46. The van der Waals surface area contributed by atoms with E-state index in [1.54, 1.807) is 0 Å². The lowest BCUT2D eigenvalue weighted by Gasteiger charge is -2.54. The van der Waals surface area contributed by atoms with Gasteiger partial charge in [0.2, 0.25) is 0 Å². The number of nitrogens with one attached hydrogen (secondary N) is 1. The molecule has 1 atom stereocenters. The van der Waals surface area contributed by atoms with Crippen molar-refractivity contribution >= 4 is 5.91 Å². The fourth-order valence-corrected chi connectivity index (χ4v) is 4.35. The van der Waals surface area contributed by atoms with Crippen LogP contribution in [-0.2, 0) is 13.6 Å². The van der Waals surface area contributed by atoms with Gasteiger partial charge in [-0.3, -0.25) is 9.69 Å². The number of rotatable bonds is 4. The number of amides is 1. The van der Waals surface area contributed by atoms with Crippen LogP contribution in [0, 0.1) is 12.3 Å². The summed E-state index contributed by atoms with van der Waals surface area (Å²) < 4.78 is 7.62. The van der Waals surface area contributed by atoms with Crippen LogP contribution in [0.2, 0.25) is 0 Å². The van der Waals surface area contributed by atoms with Crippen LogP contribution in [0.5, 0.6) is 0 Å².